The number of esters is 3. The number of carbonyl (C=O) groups excluding carboxylic acids is 3. The van der Waals surface area contributed by atoms with Gasteiger partial charge < -0.3 is 28.8 Å². The lowest BCUT2D eigenvalue weighted by Gasteiger charge is -2.42. The van der Waals surface area contributed by atoms with Gasteiger partial charge >= 0.3 is 17.9 Å². The van der Waals surface area contributed by atoms with Gasteiger partial charge in [0.15, 0.2) is 18.5 Å². The molecular formula is C30H28O9. The number of carbonyl (C=O) groups is 3. The summed E-state index contributed by atoms with van der Waals surface area (Å²) in [5.74, 6) is -2.12. The van der Waals surface area contributed by atoms with Crippen LogP contribution in [-0.4, -0.2) is 66.9 Å². The van der Waals surface area contributed by atoms with Crippen LogP contribution < -0.4 is 0 Å². The number of aliphatic hydroxyl groups excluding tert-OH is 1. The summed E-state index contributed by atoms with van der Waals surface area (Å²) in [5.41, 5.74) is 0.775. The van der Waals surface area contributed by atoms with Crippen molar-refractivity contribution < 1.29 is 43.2 Å². The summed E-state index contributed by atoms with van der Waals surface area (Å²) >= 11 is 0. The minimum atomic E-state index is -1.59. The molecule has 1 aliphatic heterocycles. The number of benzene rings is 3. The number of hydrogen-bond acceptors (Lipinski definition) is 9. The van der Waals surface area contributed by atoms with Crippen molar-refractivity contribution in [3.05, 3.63) is 120 Å². The Morgan fingerprint density at radius 3 is 1.69 bits per heavy atom. The van der Waals surface area contributed by atoms with Crippen LogP contribution in [-0.2, 0) is 23.7 Å². The molecule has 0 saturated carbocycles. The molecule has 5 atom stereocenters. The Hall–Kier alpha value is -4.31. The maximum absolute atomic E-state index is 12.9. The van der Waals surface area contributed by atoms with Gasteiger partial charge in [-0.15, -0.1) is 6.58 Å². The molecule has 1 saturated heterocycles. The van der Waals surface area contributed by atoms with E-state index in [0.29, 0.717) is 5.56 Å². The molecule has 3 aromatic carbocycles. The molecule has 3 aromatic rings. The van der Waals surface area contributed by atoms with Gasteiger partial charge in [-0.05, 0) is 36.4 Å². The lowest BCUT2D eigenvalue weighted by atomic mass is 9.98. The molecule has 0 bridgehead atoms. The van der Waals surface area contributed by atoms with Gasteiger partial charge in [-0.1, -0.05) is 60.7 Å². The molecule has 0 radical (unpaired) electrons. The van der Waals surface area contributed by atoms with Gasteiger partial charge in [0.25, 0.3) is 0 Å². The molecule has 0 spiro atoms. The fourth-order valence-corrected chi connectivity index (χ4v) is 3.94. The zero-order valence-electron chi connectivity index (χ0n) is 21.0. The summed E-state index contributed by atoms with van der Waals surface area (Å²) in [4.78, 5) is 38.3. The van der Waals surface area contributed by atoms with Gasteiger partial charge in [-0.25, -0.2) is 14.4 Å². The maximum Gasteiger partial charge on any atom is 0.338 e. The molecule has 9 nitrogen and oxygen atoms in total. The van der Waals surface area contributed by atoms with Gasteiger partial charge in [0.05, 0.1) is 23.3 Å². The molecule has 1 fully saturated rings. The average Bonchev–Trinajstić information content (AvgIpc) is 2.99. The van der Waals surface area contributed by atoms with Gasteiger partial charge in [0, 0.05) is 0 Å². The predicted molar refractivity (Wildman–Crippen MR) is 139 cm³/mol. The van der Waals surface area contributed by atoms with Gasteiger partial charge in [-0.2, -0.15) is 0 Å². The summed E-state index contributed by atoms with van der Waals surface area (Å²) in [5, 5.41) is 11.4. The van der Waals surface area contributed by atoms with Crippen molar-refractivity contribution in [3.8, 4) is 0 Å². The molecule has 0 aliphatic carbocycles. The van der Waals surface area contributed by atoms with Crippen molar-refractivity contribution in [1.29, 1.82) is 0 Å². The van der Waals surface area contributed by atoms with E-state index in [1.165, 1.54) is 6.08 Å². The molecule has 0 aromatic heterocycles. The largest absolute Gasteiger partial charge is 0.459 e. The third-order valence-corrected chi connectivity index (χ3v) is 5.89. The van der Waals surface area contributed by atoms with Crippen molar-refractivity contribution in [1.82, 2.24) is 0 Å². The molecule has 0 unspecified atom stereocenters. The van der Waals surface area contributed by atoms with Gasteiger partial charge in [-0.3, -0.25) is 0 Å². The molecule has 1 N–H and O–H groups in total. The first kappa shape index (κ1) is 27.7. The quantitative estimate of drug-likeness (QED) is 0.237. The van der Waals surface area contributed by atoms with Crippen molar-refractivity contribution in [2.24, 2.45) is 0 Å². The highest BCUT2D eigenvalue weighted by molar-refractivity contribution is 5.90. The standard InChI is InChI=1S/C30H28O9/c1-2-18-35-30-26(39-29(34)22-16-10-5-11-17-22)24(31)25(38-28(33)21-14-8-4-9-15-21)23(37-30)19-36-27(32)20-12-6-3-7-13-20/h2-17,23-26,30-31H,1,18-19H2/t23-,24+,25+,26-,30-/m1/s1. The Morgan fingerprint density at radius 1 is 0.744 bits per heavy atom. The minimum absolute atomic E-state index is 0.00175. The Morgan fingerprint density at radius 2 is 1.21 bits per heavy atom. The molecule has 1 aliphatic rings. The molecular weight excluding hydrogens is 504 g/mol. The molecule has 4 rings (SSSR count). The van der Waals surface area contributed by atoms with Crippen LogP contribution in [0.15, 0.2) is 104 Å². The van der Waals surface area contributed by atoms with E-state index in [-0.39, 0.29) is 24.3 Å². The van der Waals surface area contributed by atoms with Crippen molar-refractivity contribution in [2.45, 2.75) is 30.7 Å². The van der Waals surface area contributed by atoms with Crippen LogP contribution in [0, 0.1) is 0 Å². The van der Waals surface area contributed by atoms with Crippen LogP contribution in [0.1, 0.15) is 31.1 Å². The fraction of sp³-hybridized carbons (Fsp3) is 0.233. The lowest BCUT2D eigenvalue weighted by molar-refractivity contribution is -0.296. The highest BCUT2D eigenvalue weighted by Crippen LogP contribution is 2.29. The SMILES string of the molecule is C=CCO[C@@H]1O[C@H](COC(=O)c2ccccc2)[C@H](OC(=O)c2ccccc2)[C@H](O)[C@H]1OC(=O)c1ccccc1. The monoisotopic (exact) mass is 532 g/mol. The first-order valence-electron chi connectivity index (χ1n) is 12.3. The second kappa shape index (κ2) is 13.5. The Labute approximate surface area is 225 Å². The van der Waals surface area contributed by atoms with Crippen LogP contribution >= 0.6 is 0 Å². The Bertz CT molecular complexity index is 1250. The summed E-state index contributed by atoms with van der Waals surface area (Å²) in [7, 11) is 0. The fourth-order valence-electron chi connectivity index (χ4n) is 3.94. The zero-order valence-corrected chi connectivity index (χ0v) is 21.0. The third kappa shape index (κ3) is 7.17. The van der Waals surface area contributed by atoms with Crippen molar-refractivity contribution >= 4 is 17.9 Å². The maximum atomic E-state index is 12.9. The van der Waals surface area contributed by atoms with E-state index < -0.39 is 48.6 Å². The smallest absolute Gasteiger partial charge is 0.338 e. The summed E-state index contributed by atoms with van der Waals surface area (Å²) < 4.78 is 28.3. The van der Waals surface area contributed by atoms with Crippen LogP contribution in [0.4, 0.5) is 0 Å². The summed E-state index contributed by atoms with van der Waals surface area (Å²) in [6, 6.07) is 24.6. The normalized spacial score (nSPS) is 22.3. The van der Waals surface area contributed by atoms with E-state index in [0.717, 1.165) is 0 Å². The van der Waals surface area contributed by atoms with Crippen molar-refractivity contribution in [2.75, 3.05) is 13.2 Å². The van der Waals surface area contributed by atoms with Crippen LogP contribution in [0.25, 0.3) is 0 Å². The average molecular weight is 533 g/mol. The molecule has 39 heavy (non-hydrogen) atoms. The van der Waals surface area contributed by atoms with Gasteiger partial charge in [0.1, 0.15) is 18.8 Å². The van der Waals surface area contributed by atoms with Crippen LogP contribution in [0.3, 0.4) is 0 Å². The molecule has 202 valence electrons. The Kier molecular flexibility index (Phi) is 9.58. The second-order valence-corrected chi connectivity index (χ2v) is 8.59. The van der Waals surface area contributed by atoms with E-state index in [2.05, 4.69) is 6.58 Å². The number of hydrogen-bond donors (Lipinski definition) is 1. The first-order chi connectivity index (χ1) is 19.0. The topological polar surface area (TPSA) is 118 Å². The summed E-state index contributed by atoms with van der Waals surface area (Å²) in [6.45, 7) is 3.23. The first-order valence-corrected chi connectivity index (χ1v) is 12.3. The summed E-state index contributed by atoms with van der Waals surface area (Å²) in [6.07, 6.45) is -5.32. The molecule has 1 heterocycles. The minimum Gasteiger partial charge on any atom is -0.459 e. The Balaban J connectivity index is 1.58. The van der Waals surface area contributed by atoms with E-state index >= 15 is 0 Å². The van der Waals surface area contributed by atoms with Gasteiger partial charge in [0.2, 0.25) is 0 Å². The number of ether oxygens (including phenoxy) is 5. The lowest BCUT2D eigenvalue weighted by Crippen LogP contribution is -2.62. The number of rotatable bonds is 10. The van der Waals surface area contributed by atoms with Crippen LogP contribution in [0.5, 0.6) is 0 Å². The zero-order chi connectivity index (χ0) is 27.6. The van der Waals surface area contributed by atoms with Crippen LogP contribution in [0.2, 0.25) is 0 Å². The highest BCUT2D eigenvalue weighted by Gasteiger charge is 2.50. The van der Waals surface area contributed by atoms with E-state index in [4.69, 9.17) is 23.7 Å². The van der Waals surface area contributed by atoms with E-state index in [1.54, 1.807) is 91.0 Å². The molecule has 0 amide bonds. The highest BCUT2D eigenvalue weighted by atomic mass is 16.7. The number of aliphatic hydroxyl groups is 1. The van der Waals surface area contributed by atoms with E-state index in [1.807, 2.05) is 0 Å². The predicted octanol–water partition coefficient (Wildman–Crippen LogP) is 3.58. The van der Waals surface area contributed by atoms with E-state index in [9.17, 15) is 19.5 Å². The third-order valence-electron chi connectivity index (χ3n) is 5.89. The van der Waals surface area contributed by atoms with Crippen molar-refractivity contribution in [3.63, 3.8) is 0 Å². The molecule has 9 heteroatoms. The second-order valence-electron chi connectivity index (χ2n) is 8.59.